The molecule has 1 heterocycles. The smallest absolute Gasteiger partial charge is 0.161 e. The lowest BCUT2D eigenvalue weighted by Gasteiger charge is -2.11. The third-order valence-electron chi connectivity index (χ3n) is 3.39. The highest BCUT2D eigenvalue weighted by Gasteiger charge is 2.06. The number of pyridine rings is 1. The highest BCUT2D eigenvalue weighted by Crippen LogP contribution is 2.27. The second-order valence-electron chi connectivity index (χ2n) is 4.89. The molecule has 0 bridgehead atoms. The molecule has 0 atom stereocenters. The van der Waals surface area contributed by atoms with Crippen molar-refractivity contribution in [3.63, 3.8) is 0 Å². The molecule has 0 fully saturated rings. The van der Waals surface area contributed by atoms with Gasteiger partial charge in [0.05, 0.1) is 0 Å². The number of anilines is 3. The van der Waals surface area contributed by atoms with Crippen LogP contribution in [0, 0.1) is 0 Å². The van der Waals surface area contributed by atoms with Crippen molar-refractivity contribution < 1.29 is 4.79 Å². The van der Waals surface area contributed by atoms with E-state index in [9.17, 15) is 4.79 Å². The fourth-order valence-corrected chi connectivity index (χ4v) is 2.35. The first-order valence-corrected chi connectivity index (χ1v) is 6.65. The van der Waals surface area contributed by atoms with Crippen molar-refractivity contribution in [2.45, 2.75) is 6.92 Å². The molecule has 0 saturated carbocycles. The van der Waals surface area contributed by atoms with Gasteiger partial charge in [-0.3, -0.25) is 9.78 Å². The monoisotopic (exact) mass is 277 g/mol. The fourth-order valence-electron chi connectivity index (χ4n) is 2.35. The molecule has 104 valence electrons. The van der Waals surface area contributed by atoms with Crippen LogP contribution < -0.4 is 11.1 Å². The summed E-state index contributed by atoms with van der Waals surface area (Å²) < 4.78 is 0. The zero-order chi connectivity index (χ0) is 14.8. The molecule has 3 rings (SSSR count). The van der Waals surface area contributed by atoms with Gasteiger partial charge >= 0.3 is 0 Å². The minimum absolute atomic E-state index is 0.0321. The molecule has 0 spiro atoms. The molecular formula is C17H15N3O. The molecular weight excluding hydrogens is 262 g/mol. The fraction of sp³-hybridized carbons (Fsp3) is 0.0588. The number of nitrogen functional groups attached to an aromatic ring is 1. The maximum Gasteiger partial charge on any atom is 0.161 e. The number of hydrogen-bond acceptors (Lipinski definition) is 4. The van der Waals surface area contributed by atoms with Crippen LogP contribution in [0.15, 0.2) is 54.9 Å². The van der Waals surface area contributed by atoms with E-state index in [1.807, 2.05) is 36.5 Å². The SMILES string of the molecule is CC(=O)c1ccc(Nc2cccc3cnccc23)cc1N. The molecule has 0 aliphatic rings. The summed E-state index contributed by atoms with van der Waals surface area (Å²) in [5.41, 5.74) is 8.77. The van der Waals surface area contributed by atoms with E-state index in [0.29, 0.717) is 11.3 Å². The zero-order valence-electron chi connectivity index (χ0n) is 11.6. The van der Waals surface area contributed by atoms with E-state index in [1.54, 1.807) is 18.3 Å². The van der Waals surface area contributed by atoms with Gasteiger partial charge in [-0.25, -0.2) is 0 Å². The molecule has 0 aliphatic heterocycles. The number of ketones is 1. The largest absolute Gasteiger partial charge is 0.398 e. The molecule has 3 N–H and O–H groups in total. The first kappa shape index (κ1) is 13.1. The first-order chi connectivity index (χ1) is 10.1. The lowest BCUT2D eigenvalue weighted by molar-refractivity contribution is 0.101. The van der Waals surface area contributed by atoms with E-state index >= 15 is 0 Å². The van der Waals surface area contributed by atoms with Crippen molar-refractivity contribution in [2.24, 2.45) is 0 Å². The quantitative estimate of drug-likeness (QED) is 0.565. The summed E-state index contributed by atoms with van der Waals surface area (Å²) in [6.07, 6.45) is 3.59. The Kier molecular flexibility index (Phi) is 3.28. The molecule has 2 aromatic carbocycles. The van der Waals surface area contributed by atoms with Crippen LogP contribution >= 0.6 is 0 Å². The van der Waals surface area contributed by atoms with E-state index < -0.39 is 0 Å². The van der Waals surface area contributed by atoms with Crippen LogP contribution in [-0.2, 0) is 0 Å². The lowest BCUT2D eigenvalue weighted by Crippen LogP contribution is -2.01. The van der Waals surface area contributed by atoms with Crippen LogP contribution in [0.2, 0.25) is 0 Å². The Morgan fingerprint density at radius 2 is 2.05 bits per heavy atom. The summed E-state index contributed by atoms with van der Waals surface area (Å²) in [6.45, 7) is 1.51. The van der Waals surface area contributed by atoms with Crippen LogP contribution in [0.5, 0.6) is 0 Å². The van der Waals surface area contributed by atoms with Crippen LogP contribution in [0.25, 0.3) is 10.8 Å². The Morgan fingerprint density at radius 3 is 2.81 bits per heavy atom. The lowest BCUT2D eigenvalue weighted by atomic mass is 10.1. The Bertz CT molecular complexity index is 822. The number of nitrogens with zero attached hydrogens (tertiary/aromatic N) is 1. The number of aromatic nitrogens is 1. The van der Waals surface area contributed by atoms with Crippen LogP contribution in [0.4, 0.5) is 17.1 Å². The summed E-state index contributed by atoms with van der Waals surface area (Å²) in [4.78, 5) is 15.5. The van der Waals surface area contributed by atoms with Crippen molar-refractivity contribution in [3.8, 4) is 0 Å². The van der Waals surface area contributed by atoms with Crippen LogP contribution in [0.1, 0.15) is 17.3 Å². The van der Waals surface area contributed by atoms with Crippen molar-refractivity contribution in [1.82, 2.24) is 4.98 Å². The van der Waals surface area contributed by atoms with Gasteiger partial charge in [0.15, 0.2) is 5.78 Å². The van der Waals surface area contributed by atoms with Gasteiger partial charge in [-0.15, -0.1) is 0 Å². The predicted octanol–water partition coefficient (Wildman–Crippen LogP) is 3.76. The minimum atomic E-state index is -0.0321. The number of carbonyl (C=O) groups is 1. The summed E-state index contributed by atoms with van der Waals surface area (Å²) >= 11 is 0. The van der Waals surface area contributed by atoms with Gasteiger partial charge < -0.3 is 11.1 Å². The second kappa shape index (κ2) is 5.25. The minimum Gasteiger partial charge on any atom is -0.398 e. The van der Waals surface area contributed by atoms with Gasteiger partial charge in [-0.1, -0.05) is 12.1 Å². The van der Waals surface area contributed by atoms with Crippen LogP contribution in [0.3, 0.4) is 0 Å². The average Bonchev–Trinajstić information content (AvgIpc) is 2.47. The Labute approximate surface area is 122 Å². The number of Topliss-reactive ketones (excluding diaryl/α,β-unsaturated/α-hetero) is 1. The molecule has 0 saturated heterocycles. The number of fused-ring (bicyclic) bond motifs is 1. The summed E-state index contributed by atoms with van der Waals surface area (Å²) in [7, 11) is 0. The van der Waals surface area contributed by atoms with Gasteiger partial charge in [0.25, 0.3) is 0 Å². The Balaban J connectivity index is 1.99. The highest BCUT2D eigenvalue weighted by molar-refractivity contribution is 6.00. The standard InChI is InChI=1S/C17H15N3O/c1-11(21)14-6-5-13(9-16(14)18)20-17-4-2-3-12-10-19-8-7-15(12)17/h2-10,20H,18H2,1H3. The van der Waals surface area contributed by atoms with Crippen molar-refractivity contribution >= 4 is 33.6 Å². The predicted molar refractivity (Wildman–Crippen MR) is 85.9 cm³/mol. The van der Waals surface area contributed by atoms with Crippen molar-refractivity contribution in [1.29, 1.82) is 0 Å². The zero-order valence-corrected chi connectivity index (χ0v) is 11.6. The number of nitrogens with two attached hydrogens (primary N) is 1. The maximum absolute atomic E-state index is 11.4. The number of benzene rings is 2. The van der Waals surface area contributed by atoms with Crippen molar-refractivity contribution in [2.75, 3.05) is 11.1 Å². The van der Waals surface area contributed by atoms with Gasteiger partial charge in [-0.05, 0) is 37.3 Å². The van der Waals surface area contributed by atoms with E-state index in [2.05, 4.69) is 10.3 Å². The average molecular weight is 277 g/mol. The Hall–Kier alpha value is -2.88. The van der Waals surface area contributed by atoms with Gasteiger partial charge in [0.1, 0.15) is 0 Å². The molecule has 3 aromatic rings. The molecule has 0 radical (unpaired) electrons. The number of carbonyl (C=O) groups excluding carboxylic acids is 1. The number of hydrogen-bond donors (Lipinski definition) is 2. The number of nitrogens with one attached hydrogen (secondary N) is 1. The third-order valence-corrected chi connectivity index (χ3v) is 3.39. The highest BCUT2D eigenvalue weighted by atomic mass is 16.1. The van der Waals surface area contributed by atoms with E-state index in [1.165, 1.54) is 6.92 Å². The molecule has 4 heteroatoms. The summed E-state index contributed by atoms with van der Waals surface area (Å²) in [5.74, 6) is -0.0321. The van der Waals surface area contributed by atoms with E-state index in [4.69, 9.17) is 5.73 Å². The van der Waals surface area contributed by atoms with E-state index in [-0.39, 0.29) is 5.78 Å². The van der Waals surface area contributed by atoms with Crippen LogP contribution in [-0.4, -0.2) is 10.8 Å². The summed E-state index contributed by atoms with van der Waals surface area (Å²) in [6, 6.07) is 13.3. The third kappa shape index (κ3) is 2.56. The molecule has 21 heavy (non-hydrogen) atoms. The molecule has 4 nitrogen and oxygen atoms in total. The normalized spacial score (nSPS) is 10.5. The topological polar surface area (TPSA) is 68.0 Å². The summed E-state index contributed by atoms with van der Waals surface area (Å²) in [5, 5.41) is 5.49. The molecule has 0 unspecified atom stereocenters. The second-order valence-corrected chi connectivity index (χ2v) is 4.89. The molecule has 0 aliphatic carbocycles. The Morgan fingerprint density at radius 1 is 1.19 bits per heavy atom. The maximum atomic E-state index is 11.4. The van der Waals surface area contributed by atoms with Crippen molar-refractivity contribution in [3.05, 3.63) is 60.4 Å². The first-order valence-electron chi connectivity index (χ1n) is 6.65. The molecule has 0 amide bonds. The molecule has 1 aromatic heterocycles. The van der Waals surface area contributed by atoms with Gasteiger partial charge in [0, 0.05) is 45.8 Å². The van der Waals surface area contributed by atoms with E-state index in [0.717, 1.165) is 22.1 Å². The number of rotatable bonds is 3. The van der Waals surface area contributed by atoms with Gasteiger partial charge in [-0.2, -0.15) is 0 Å². The van der Waals surface area contributed by atoms with Gasteiger partial charge in [0.2, 0.25) is 0 Å².